The monoisotopic (exact) mass is 309 g/mol. The van der Waals surface area contributed by atoms with Crippen molar-refractivity contribution in [2.24, 2.45) is 5.73 Å². The fourth-order valence-corrected chi connectivity index (χ4v) is 2.00. The van der Waals surface area contributed by atoms with Crippen molar-refractivity contribution in [2.75, 3.05) is 0 Å². The predicted molar refractivity (Wildman–Crippen MR) is 79.1 cm³/mol. The lowest BCUT2D eigenvalue weighted by Crippen LogP contribution is -2.53. The first-order chi connectivity index (χ1) is 10.3. The van der Waals surface area contributed by atoms with Gasteiger partial charge in [0, 0.05) is 13.3 Å². The molecule has 1 aromatic rings. The molecule has 22 heavy (non-hydrogen) atoms. The number of primary amides is 1. The Kier molecular flexibility index (Phi) is 6.49. The molecule has 1 aromatic carbocycles. The molecule has 120 valence electrons. The maximum atomic E-state index is 13.2. The Bertz CT molecular complexity index is 563. The standard InChI is InChI=1S/C15H20FN3O3/c1-3-12(14(17)21)19-15(22)13(18-9(2)20)8-10-5-4-6-11(16)7-10/h4-7,12-13H,3,8H2,1-2H3,(H2,17,21)(H,18,20)(H,19,22)/t12-,13-/m0/s1. The maximum absolute atomic E-state index is 13.2. The summed E-state index contributed by atoms with van der Waals surface area (Å²) in [7, 11) is 0. The van der Waals surface area contributed by atoms with Gasteiger partial charge in [-0.2, -0.15) is 0 Å². The van der Waals surface area contributed by atoms with Crippen LogP contribution >= 0.6 is 0 Å². The number of carbonyl (C=O) groups excluding carboxylic acids is 3. The Morgan fingerprint density at radius 1 is 1.23 bits per heavy atom. The average Bonchev–Trinajstić information content (AvgIpc) is 2.43. The van der Waals surface area contributed by atoms with Crippen molar-refractivity contribution in [3.63, 3.8) is 0 Å². The van der Waals surface area contributed by atoms with Crippen molar-refractivity contribution in [3.8, 4) is 0 Å². The number of amides is 3. The van der Waals surface area contributed by atoms with Gasteiger partial charge >= 0.3 is 0 Å². The average molecular weight is 309 g/mol. The molecule has 0 aliphatic carbocycles. The van der Waals surface area contributed by atoms with E-state index in [-0.39, 0.29) is 6.42 Å². The zero-order valence-corrected chi connectivity index (χ0v) is 12.6. The van der Waals surface area contributed by atoms with Gasteiger partial charge in [-0.3, -0.25) is 14.4 Å². The largest absolute Gasteiger partial charge is 0.368 e. The minimum Gasteiger partial charge on any atom is -0.368 e. The van der Waals surface area contributed by atoms with E-state index in [1.807, 2.05) is 0 Å². The Labute approximate surface area is 128 Å². The topological polar surface area (TPSA) is 101 Å². The number of benzene rings is 1. The summed E-state index contributed by atoms with van der Waals surface area (Å²) in [4.78, 5) is 34.6. The Balaban J connectivity index is 2.85. The van der Waals surface area contributed by atoms with Gasteiger partial charge in [-0.1, -0.05) is 19.1 Å². The Morgan fingerprint density at radius 3 is 2.41 bits per heavy atom. The predicted octanol–water partition coefficient (Wildman–Crippen LogP) is 0.253. The normalized spacial score (nSPS) is 13.0. The Morgan fingerprint density at radius 2 is 1.91 bits per heavy atom. The van der Waals surface area contributed by atoms with E-state index in [1.54, 1.807) is 13.0 Å². The third kappa shape index (κ3) is 5.51. The molecular formula is C15H20FN3O3. The zero-order valence-electron chi connectivity index (χ0n) is 12.6. The fraction of sp³-hybridized carbons (Fsp3) is 0.400. The minimum atomic E-state index is -0.910. The lowest BCUT2D eigenvalue weighted by atomic mass is 10.0. The van der Waals surface area contributed by atoms with Gasteiger partial charge < -0.3 is 16.4 Å². The molecule has 0 fully saturated rings. The molecule has 0 saturated carbocycles. The summed E-state index contributed by atoms with van der Waals surface area (Å²) in [5.41, 5.74) is 5.74. The molecule has 0 aliphatic rings. The van der Waals surface area contributed by atoms with Gasteiger partial charge in [0.2, 0.25) is 17.7 Å². The van der Waals surface area contributed by atoms with Crippen LogP contribution in [0.3, 0.4) is 0 Å². The van der Waals surface area contributed by atoms with Crippen LogP contribution in [0.1, 0.15) is 25.8 Å². The molecule has 4 N–H and O–H groups in total. The van der Waals surface area contributed by atoms with Crippen LogP contribution < -0.4 is 16.4 Å². The van der Waals surface area contributed by atoms with Crippen LogP contribution in [-0.4, -0.2) is 29.8 Å². The lowest BCUT2D eigenvalue weighted by Gasteiger charge is -2.21. The van der Waals surface area contributed by atoms with Crippen molar-refractivity contribution >= 4 is 17.7 Å². The van der Waals surface area contributed by atoms with Crippen molar-refractivity contribution in [1.82, 2.24) is 10.6 Å². The summed E-state index contributed by atoms with van der Waals surface area (Å²) in [6.45, 7) is 2.98. The second-order valence-corrected chi connectivity index (χ2v) is 4.96. The molecule has 0 unspecified atom stereocenters. The number of halogens is 1. The van der Waals surface area contributed by atoms with Gasteiger partial charge in [-0.15, -0.1) is 0 Å². The highest BCUT2D eigenvalue weighted by Crippen LogP contribution is 2.07. The molecule has 0 bridgehead atoms. The Hall–Kier alpha value is -2.44. The van der Waals surface area contributed by atoms with Crippen molar-refractivity contribution in [1.29, 1.82) is 0 Å². The van der Waals surface area contributed by atoms with Gasteiger partial charge in [0.05, 0.1) is 0 Å². The van der Waals surface area contributed by atoms with Gasteiger partial charge in [-0.25, -0.2) is 4.39 Å². The van der Waals surface area contributed by atoms with Gasteiger partial charge in [0.1, 0.15) is 17.9 Å². The highest BCUT2D eigenvalue weighted by atomic mass is 19.1. The van der Waals surface area contributed by atoms with Crippen LogP contribution in [0, 0.1) is 5.82 Å². The molecule has 2 atom stereocenters. The van der Waals surface area contributed by atoms with E-state index < -0.39 is 35.6 Å². The highest BCUT2D eigenvalue weighted by Gasteiger charge is 2.24. The number of nitrogens with two attached hydrogens (primary N) is 1. The summed E-state index contributed by atoms with van der Waals surface area (Å²) < 4.78 is 13.2. The quantitative estimate of drug-likeness (QED) is 0.673. The maximum Gasteiger partial charge on any atom is 0.243 e. The fourth-order valence-electron chi connectivity index (χ4n) is 2.00. The van der Waals surface area contributed by atoms with E-state index in [0.717, 1.165) is 0 Å². The molecule has 0 saturated heterocycles. The third-order valence-electron chi connectivity index (χ3n) is 3.09. The summed E-state index contributed by atoms with van der Waals surface area (Å²) in [5, 5.41) is 4.97. The van der Waals surface area contributed by atoms with Crippen molar-refractivity contribution < 1.29 is 18.8 Å². The molecule has 6 nitrogen and oxygen atoms in total. The third-order valence-corrected chi connectivity index (χ3v) is 3.09. The first kappa shape index (κ1) is 17.6. The molecule has 3 amide bonds. The number of hydrogen-bond donors (Lipinski definition) is 3. The number of hydrogen-bond acceptors (Lipinski definition) is 3. The summed E-state index contributed by atoms with van der Waals surface area (Å²) in [5.74, 6) is -2.01. The number of carbonyl (C=O) groups is 3. The molecule has 0 aromatic heterocycles. The van der Waals surface area contributed by atoms with Crippen molar-refractivity contribution in [2.45, 2.75) is 38.8 Å². The van der Waals surface area contributed by atoms with Crippen LogP contribution in [0.25, 0.3) is 0 Å². The molecule has 0 spiro atoms. The van der Waals surface area contributed by atoms with Crippen LogP contribution in [0.5, 0.6) is 0 Å². The van der Waals surface area contributed by atoms with Crippen LogP contribution in [0.2, 0.25) is 0 Å². The molecule has 1 rings (SSSR count). The van der Waals surface area contributed by atoms with E-state index in [9.17, 15) is 18.8 Å². The van der Waals surface area contributed by atoms with Crippen LogP contribution in [-0.2, 0) is 20.8 Å². The van der Waals surface area contributed by atoms with E-state index in [4.69, 9.17) is 5.73 Å². The smallest absolute Gasteiger partial charge is 0.243 e. The zero-order chi connectivity index (χ0) is 16.7. The number of rotatable bonds is 7. The number of nitrogens with one attached hydrogen (secondary N) is 2. The van der Waals surface area contributed by atoms with E-state index in [2.05, 4.69) is 10.6 Å². The van der Waals surface area contributed by atoms with E-state index >= 15 is 0 Å². The first-order valence-electron chi connectivity index (χ1n) is 6.94. The highest BCUT2D eigenvalue weighted by molar-refractivity contribution is 5.91. The molecule has 0 heterocycles. The van der Waals surface area contributed by atoms with Gasteiger partial charge in [-0.05, 0) is 24.1 Å². The van der Waals surface area contributed by atoms with Crippen LogP contribution in [0.4, 0.5) is 4.39 Å². The summed E-state index contributed by atoms with van der Waals surface area (Å²) >= 11 is 0. The first-order valence-corrected chi connectivity index (χ1v) is 6.94. The van der Waals surface area contributed by atoms with Gasteiger partial charge in [0.15, 0.2) is 0 Å². The summed E-state index contributed by atoms with van der Waals surface area (Å²) in [6.07, 6.45) is 0.451. The second kappa shape index (κ2) is 8.11. The molecule has 0 aliphatic heterocycles. The van der Waals surface area contributed by atoms with Crippen LogP contribution in [0.15, 0.2) is 24.3 Å². The second-order valence-electron chi connectivity index (χ2n) is 4.96. The minimum absolute atomic E-state index is 0.109. The van der Waals surface area contributed by atoms with Crippen molar-refractivity contribution in [3.05, 3.63) is 35.6 Å². The molecule has 0 radical (unpaired) electrons. The van der Waals surface area contributed by atoms with E-state index in [0.29, 0.717) is 12.0 Å². The van der Waals surface area contributed by atoms with E-state index in [1.165, 1.54) is 25.1 Å². The van der Waals surface area contributed by atoms with Gasteiger partial charge in [0.25, 0.3) is 0 Å². The SMILES string of the molecule is CC[C@H](NC(=O)[C@H](Cc1cccc(F)c1)NC(C)=O)C(N)=O. The molecular weight excluding hydrogens is 289 g/mol. The summed E-state index contributed by atoms with van der Waals surface area (Å²) in [6, 6.07) is 4.02. The molecule has 7 heteroatoms. The lowest BCUT2D eigenvalue weighted by molar-refractivity contribution is -0.130.